The molecule has 0 saturated carbocycles. The second kappa shape index (κ2) is 10.1. The first kappa shape index (κ1) is 22.3. The van der Waals surface area contributed by atoms with Crippen LogP contribution < -0.4 is 9.62 Å². The van der Waals surface area contributed by atoms with Gasteiger partial charge in [-0.2, -0.15) is 0 Å². The molecule has 0 spiro atoms. The summed E-state index contributed by atoms with van der Waals surface area (Å²) >= 11 is 0. The first-order valence-electron chi connectivity index (χ1n) is 10.6. The number of carbonyl (C=O) groups is 1. The van der Waals surface area contributed by atoms with Crippen LogP contribution in [0.3, 0.4) is 0 Å². The molecule has 4 aromatic rings. The maximum atomic E-state index is 13.7. The summed E-state index contributed by atoms with van der Waals surface area (Å²) in [5.41, 5.74) is 2.68. The van der Waals surface area contributed by atoms with E-state index in [0.717, 1.165) is 11.1 Å². The van der Waals surface area contributed by atoms with Gasteiger partial charge in [0.1, 0.15) is 0 Å². The molecule has 4 rings (SSSR count). The van der Waals surface area contributed by atoms with Gasteiger partial charge in [-0.3, -0.25) is 9.10 Å². The Hall–Kier alpha value is -3.90. The van der Waals surface area contributed by atoms with Crippen LogP contribution in [0.4, 0.5) is 5.69 Å². The zero-order chi connectivity index (χ0) is 23.1. The van der Waals surface area contributed by atoms with E-state index in [1.54, 1.807) is 36.4 Å². The fourth-order valence-electron chi connectivity index (χ4n) is 3.46. The first-order chi connectivity index (χ1) is 16.0. The van der Waals surface area contributed by atoms with Crippen molar-refractivity contribution >= 4 is 21.6 Å². The van der Waals surface area contributed by atoms with Crippen molar-refractivity contribution in [1.29, 1.82) is 0 Å². The van der Waals surface area contributed by atoms with E-state index >= 15 is 0 Å². The largest absolute Gasteiger partial charge is 0.348 e. The molecule has 4 aromatic carbocycles. The maximum absolute atomic E-state index is 13.7. The molecule has 0 unspecified atom stereocenters. The molecule has 0 aliphatic heterocycles. The second-order valence-corrected chi connectivity index (χ2v) is 9.39. The maximum Gasteiger partial charge on any atom is 0.264 e. The highest BCUT2D eigenvalue weighted by Crippen LogP contribution is 2.26. The van der Waals surface area contributed by atoms with Crippen LogP contribution in [-0.2, 0) is 23.1 Å². The average Bonchev–Trinajstić information content (AvgIpc) is 2.87. The predicted molar refractivity (Wildman–Crippen MR) is 130 cm³/mol. The van der Waals surface area contributed by atoms with Gasteiger partial charge in [0.25, 0.3) is 15.9 Å². The molecule has 5 nitrogen and oxygen atoms in total. The summed E-state index contributed by atoms with van der Waals surface area (Å²) in [6.45, 7) is 0.540. The summed E-state index contributed by atoms with van der Waals surface area (Å²) in [5.74, 6) is -0.328. The lowest BCUT2D eigenvalue weighted by Gasteiger charge is -2.25. The van der Waals surface area contributed by atoms with Crippen LogP contribution in [0, 0.1) is 0 Å². The highest BCUT2D eigenvalue weighted by atomic mass is 32.2. The zero-order valence-electron chi connectivity index (χ0n) is 18.0. The number of anilines is 1. The topological polar surface area (TPSA) is 66.5 Å². The molecule has 0 aliphatic rings. The fraction of sp³-hybridized carbons (Fsp3) is 0.0741. The molecule has 0 aromatic heterocycles. The lowest BCUT2D eigenvalue weighted by atomic mass is 10.2. The van der Waals surface area contributed by atoms with Crippen LogP contribution in [-0.4, -0.2) is 14.3 Å². The van der Waals surface area contributed by atoms with Gasteiger partial charge in [-0.05, 0) is 41.5 Å². The van der Waals surface area contributed by atoms with E-state index in [-0.39, 0.29) is 17.3 Å². The second-order valence-electron chi connectivity index (χ2n) is 7.53. The SMILES string of the molecule is O=C(NCc1ccccc1)c1cccc(S(=O)(=O)N(Cc2ccccc2)c2ccccc2)c1. The van der Waals surface area contributed by atoms with Crippen LogP contribution in [0.25, 0.3) is 0 Å². The van der Waals surface area contributed by atoms with Crippen LogP contribution in [0.1, 0.15) is 21.5 Å². The Kier molecular flexibility index (Phi) is 6.86. The van der Waals surface area contributed by atoms with Crippen molar-refractivity contribution < 1.29 is 13.2 Å². The molecule has 0 fully saturated rings. The molecule has 1 N–H and O–H groups in total. The molecule has 6 heteroatoms. The van der Waals surface area contributed by atoms with Crippen molar-refractivity contribution in [3.05, 3.63) is 132 Å². The van der Waals surface area contributed by atoms with Crippen LogP contribution >= 0.6 is 0 Å². The fourth-order valence-corrected chi connectivity index (χ4v) is 4.96. The molecule has 33 heavy (non-hydrogen) atoms. The number of benzene rings is 4. The monoisotopic (exact) mass is 456 g/mol. The Balaban J connectivity index is 1.62. The smallest absolute Gasteiger partial charge is 0.264 e. The summed E-state index contributed by atoms with van der Waals surface area (Å²) in [6.07, 6.45) is 0. The molecular weight excluding hydrogens is 432 g/mol. The predicted octanol–water partition coefficient (Wildman–Crippen LogP) is 5.01. The molecule has 0 saturated heterocycles. The third-order valence-corrected chi connectivity index (χ3v) is 6.96. The summed E-state index contributed by atoms with van der Waals surface area (Å²) in [5, 5.41) is 2.85. The van der Waals surface area contributed by atoms with E-state index in [4.69, 9.17) is 0 Å². The van der Waals surface area contributed by atoms with Crippen molar-refractivity contribution in [2.24, 2.45) is 0 Å². The Morgan fingerprint density at radius 2 is 1.27 bits per heavy atom. The van der Waals surface area contributed by atoms with E-state index in [1.165, 1.54) is 16.4 Å². The number of hydrogen-bond acceptors (Lipinski definition) is 3. The van der Waals surface area contributed by atoms with Crippen molar-refractivity contribution in [3.8, 4) is 0 Å². The normalized spacial score (nSPS) is 11.0. The first-order valence-corrected chi connectivity index (χ1v) is 12.0. The van der Waals surface area contributed by atoms with Gasteiger partial charge in [-0.25, -0.2) is 8.42 Å². The van der Waals surface area contributed by atoms with Gasteiger partial charge in [0.15, 0.2) is 0 Å². The summed E-state index contributed by atoms with van der Waals surface area (Å²) in [7, 11) is -3.92. The van der Waals surface area contributed by atoms with Crippen molar-refractivity contribution in [2.45, 2.75) is 18.0 Å². The third-order valence-electron chi connectivity index (χ3n) is 5.19. The summed E-state index contributed by atoms with van der Waals surface area (Å²) in [6, 6.07) is 34.1. The molecule has 0 atom stereocenters. The number of sulfonamides is 1. The van der Waals surface area contributed by atoms with E-state index in [0.29, 0.717) is 17.8 Å². The molecule has 1 amide bonds. The Morgan fingerprint density at radius 1 is 0.697 bits per heavy atom. The highest BCUT2D eigenvalue weighted by molar-refractivity contribution is 7.92. The van der Waals surface area contributed by atoms with Crippen LogP contribution in [0.5, 0.6) is 0 Å². The Morgan fingerprint density at radius 3 is 1.91 bits per heavy atom. The molecule has 166 valence electrons. The number of rotatable bonds is 8. The third kappa shape index (κ3) is 5.48. The molecule has 0 heterocycles. The zero-order valence-corrected chi connectivity index (χ0v) is 18.8. The van der Waals surface area contributed by atoms with Gasteiger partial charge >= 0.3 is 0 Å². The molecule has 0 bridgehead atoms. The summed E-state index contributed by atoms with van der Waals surface area (Å²) < 4.78 is 28.7. The Labute approximate surface area is 194 Å². The molecular formula is C27H24N2O3S. The average molecular weight is 457 g/mol. The van der Waals surface area contributed by atoms with Gasteiger partial charge in [0, 0.05) is 12.1 Å². The van der Waals surface area contributed by atoms with Crippen LogP contribution in [0.2, 0.25) is 0 Å². The Bertz CT molecular complexity index is 1310. The number of nitrogens with one attached hydrogen (secondary N) is 1. The van der Waals surface area contributed by atoms with Gasteiger partial charge in [-0.15, -0.1) is 0 Å². The van der Waals surface area contributed by atoms with Crippen LogP contribution in [0.15, 0.2) is 120 Å². The minimum Gasteiger partial charge on any atom is -0.348 e. The van der Waals surface area contributed by atoms with Crippen molar-refractivity contribution in [3.63, 3.8) is 0 Å². The van der Waals surface area contributed by atoms with Gasteiger partial charge in [0.05, 0.1) is 17.1 Å². The quantitative estimate of drug-likeness (QED) is 0.405. The molecule has 0 aliphatic carbocycles. The van der Waals surface area contributed by atoms with E-state index in [9.17, 15) is 13.2 Å². The number of hydrogen-bond donors (Lipinski definition) is 1. The summed E-state index contributed by atoms with van der Waals surface area (Å²) in [4.78, 5) is 12.8. The lowest BCUT2D eigenvalue weighted by molar-refractivity contribution is 0.0950. The minimum atomic E-state index is -3.92. The number of para-hydroxylation sites is 1. The van der Waals surface area contributed by atoms with E-state index in [1.807, 2.05) is 66.7 Å². The van der Waals surface area contributed by atoms with Gasteiger partial charge < -0.3 is 5.32 Å². The number of carbonyl (C=O) groups excluding carboxylic acids is 1. The van der Waals surface area contributed by atoms with Gasteiger partial charge in [-0.1, -0.05) is 84.9 Å². The standard InChI is InChI=1S/C27H24N2O3S/c30-27(28-20-22-11-4-1-5-12-22)24-15-10-18-26(19-24)33(31,32)29(25-16-8-3-9-17-25)21-23-13-6-2-7-14-23/h1-19H,20-21H2,(H,28,30). The minimum absolute atomic E-state index is 0.0645. The highest BCUT2D eigenvalue weighted by Gasteiger charge is 2.26. The van der Waals surface area contributed by atoms with Crippen molar-refractivity contribution in [2.75, 3.05) is 4.31 Å². The van der Waals surface area contributed by atoms with E-state index in [2.05, 4.69) is 5.32 Å². The van der Waals surface area contributed by atoms with E-state index < -0.39 is 10.0 Å². The van der Waals surface area contributed by atoms with Crippen molar-refractivity contribution in [1.82, 2.24) is 5.32 Å². The number of amides is 1. The number of nitrogens with zero attached hydrogens (tertiary/aromatic N) is 1. The lowest BCUT2D eigenvalue weighted by Crippen LogP contribution is -2.31. The molecule has 0 radical (unpaired) electrons. The van der Waals surface area contributed by atoms with Gasteiger partial charge in [0.2, 0.25) is 0 Å².